The van der Waals surface area contributed by atoms with E-state index in [1.165, 1.54) is 0 Å². The SMILES string of the molecule is O[C@H]1CCCC[C@@H]1Oc1ccc(Cl)cc1. The van der Waals surface area contributed by atoms with Crippen LogP contribution in [-0.4, -0.2) is 17.3 Å². The van der Waals surface area contributed by atoms with Gasteiger partial charge in [-0.15, -0.1) is 0 Å². The van der Waals surface area contributed by atoms with Crippen LogP contribution in [0.3, 0.4) is 0 Å². The molecule has 0 bridgehead atoms. The standard InChI is InChI=1S/C12H15ClO2/c13-9-5-7-10(8-6-9)15-12-4-2-1-3-11(12)14/h5-8,11-12,14H,1-4H2/t11-,12-/m0/s1. The first kappa shape index (κ1) is 10.8. The fourth-order valence-corrected chi connectivity index (χ4v) is 2.03. The van der Waals surface area contributed by atoms with Crippen LogP contribution in [0.2, 0.25) is 5.02 Å². The highest BCUT2D eigenvalue weighted by Crippen LogP contribution is 2.24. The van der Waals surface area contributed by atoms with Gasteiger partial charge in [-0.05, 0) is 43.5 Å². The number of benzene rings is 1. The molecular weight excluding hydrogens is 212 g/mol. The second-order valence-corrected chi connectivity index (χ2v) is 4.40. The van der Waals surface area contributed by atoms with Gasteiger partial charge < -0.3 is 9.84 Å². The summed E-state index contributed by atoms with van der Waals surface area (Å²) in [6.07, 6.45) is 3.63. The number of hydrogen-bond acceptors (Lipinski definition) is 2. The van der Waals surface area contributed by atoms with Crippen LogP contribution in [0, 0.1) is 0 Å². The first-order valence-electron chi connectivity index (χ1n) is 5.36. The maximum Gasteiger partial charge on any atom is 0.124 e. The Hall–Kier alpha value is -0.730. The molecule has 2 rings (SSSR count). The molecule has 0 unspecified atom stereocenters. The number of aliphatic hydroxyl groups is 1. The van der Waals surface area contributed by atoms with Gasteiger partial charge in [-0.3, -0.25) is 0 Å². The molecule has 0 spiro atoms. The van der Waals surface area contributed by atoms with E-state index in [4.69, 9.17) is 16.3 Å². The Kier molecular flexibility index (Phi) is 3.49. The van der Waals surface area contributed by atoms with Gasteiger partial charge in [-0.1, -0.05) is 18.0 Å². The lowest BCUT2D eigenvalue weighted by atomic mass is 9.95. The van der Waals surface area contributed by atoms with E-state index < -0.39 is 0 Å². The monoisotopic (exact) mass is 226 g/mol. The maximum absolute atomic E-state index is 9.73. The first-order chi connectivity index (χ1) is 7.25. The van der Waals surface area contributed by atoms with Crippen molar-refractivity contribution in [2.24, 2.45) is 0 Å². The predicted octanol–water partition coefficient (Wildman–Crippen LogP) is 3.02. The zero-order valence-corrected chi connectivity index (χ0v) is 9.28. The number of aliphatic hydroxyl groups excluding tert-OH is 1. The lowest BCUT2D eigenvalue weighted by Crippen LogP contribution is -2.34. The quantitative estimate of drug-likeness (QED) is 0.840. The third-order valence-corrected chi connectivity index (χ3v) is 3.02. The molecule has 0 heterocycles. The van der Waals surface area contributed by atoms with Crippen molar-refractivity contribution in [2.45, 2.75) is 37.9 Å². The molecule has 1 N–H and O–H groups in total. The van der Waals surface area contributed by atoms with E-state index in [0.717, 1.165) is 31.4 Å². The van der Waals surface area contributed by atoms with Gasteiger partial charge in [0.15, 0.2) is 0 Å². The van der Waals surface area contributed by atoms with Gasteiger partial charge in [0, 0.05) is 5.02 Å². The van der Waals surface area contributed by atoms with Crippen molar-refractivity contribution in [3.8, 4) is 5.75 Å². The van der Waals surface area contributed by atoms with E-state index >= 15 is 0 Å². The predicted molar refractivity (Wildman–Crippen MR) is 60.3 cm³/mol. The lowest BCUT2D eigenvalue weighted by molar-refractivity contribution is 0.00688. The van der Waals surface area contributed by atoms with E-state index in [2.05, 4.69) is 0 Å². The van der Waals surface area contributed by atoms with Gasteiger partial charge in [-0.2, -0.15) is 0 Å². The highest BCUT2D eigenvalue weighted by atomic mass is 35.5. The molecule has 3 heteroatoms. The van der Waals surface area contributed by atoms with Gasteiger partial charge in [0.1, 0.15) is 11.9 Å². The normalized spacial score (nSPS) is 26.3. The summed E-state index contributed by atoms with van der Waals surface area (Å²) in [5.41, 5.74) is 0. The van der Waals surface area contributed by atoms with Crippen molar-refractivity contribution in [2.75, 3.05) is 0 Å². The van der Waals surface area contributed by atoms with Crippen molar-refractivity contribution in [1.82, 2.24) is 0 Å². The molecule has 0 saturated heterocycles. The summed E-state index contributed by atoms with van der Waals surface area (Å²) >= 11 is 5.78. The van der Waals surface area contributed by atoms with Gasteiger partial charge in [0.05, 0.1) is 6.10 Å². The van der Waals surface area contributed by atoms with Crippen LogP contribution >= 0.6 is 11.6 Å². The smallest absolute Gasteiger partial charge is 0.124 e. The van der Waals surface area contributed by atoms with Gasteiger partial charge in [-0.25, -0.2) is 0 Å². The molecule has 0 amide bonds. The topological polar surface area (TPSA) is 29.5 Å². The highest BCUT2D eigenvalue weighted by molar-refractivity contribution is 6.30. The molecule has 15 heavy (non-hydrogen) atoms. The average molecular weight is 227 g/mol. The van der Waals surface area contributed by atoms with Crippen LogP contribution in [0.5, 0.6) is 5.75 Å². The summed E-state index contributed by atoms with van der Waals surface area (Å²) in [4.78, 5) is 0. The molecular formula is C12H15ClO2. The summed E-state index contributed by atoms with van der Waals surface area (Å²) in [5.74, 6) is 0.783. The Morgan fingerprint density at radius 2 is 1.80 bits per heavy atom. The van der Waals surface area contributed by atoms with E-state index in [1.54, 1.807) is 12.1 Å². The Morgan fingerprint density at radius 3 is 2.47 bits per heavy atom. The van der Waals surface area contributed by atoms with Crippen LogP contribution in [0.25, 0.3) is 0 Å². The molecule has 1 aliphatic rings. The Bertz CT molecular complexity index is 310. The third-order valence-electron chi connectivity index (χ3n) is 2.77. The Balaban J connectivity index is 1.98. The summed E-state index contributed by atoms with van der Waals surface area (Å²) in [5, 5.41) is 10.4. The summed E-state index contributed by atoms with van der Waals surface area (Å²) in [7, 11) is 0. The van der Waals surface area contributed by atoms with Gasteiger partial charge in [0.2, 0.25) is 0 Å². The van der Waals surface area contributed by atoms with Gasteiger partial charge in [0.25, 0.3) is 0 Å². The zero-order valence-electron chi connectivity index (χ0n) is 8.53. The zero-order chi connectivity index (χ0) is 10.7. The molecule has 1 aromatic carbocycles. The molecule has 0 aliphatic heterocycles. The minimum Gasteiger partial charge on any atom is -0.488 e. The van der Waals surface area contributed by atoms with Crippen LogP contribution in [-0.2, 0) is 0 Å². The number of ether oxygens (including phenoxy) is 1. The van der Waals surface area contributed by atoms with E-state index in [9.17, 15) is 5.11 Å². The van der Waals surface area contributed by atoms with Crippen molar-refractivity contribution < 1.29 is 9.84 Å². The van der Waals surface area contributed by atoms with Crippen molar-refractivity contribution >= 4 is 11.6 Å². The van der Waals surface area contributed by atoms with Crippen molar-refractivity contribution in [3.63, 3.8) is 0 Å². The van der Waals surface area contributed by atoms with E-state index in [1.807, 2.05) is 12.1 Å². The number of rotatable bonds is 2. The molecule has 1 saturated carbocycles. The molecule has 2 atom stereocenters. The third kappa shape index (κ3) is 2.86. The number of halogens is 1. The second-order valence-electron chi connectivity index (χ2n) is 3.96. The molecule has 1 fully saturated rings. The van der Waals surface area contributed by atoms with Crippen LogP contribution < -0.4 is 4.74 Å². The molecule has 0 radical (unpaired) electrons. The summed E-state index contributed by atoms with van der Waals surface area (Å²) in [6, 6.07) is 7.27. The summed E-state index contributed by atoms with van der Waals surface area (Å²) < 4.78 is 5.71. The minimum atomic E-state index is -0.325. The Labute approximate surface area is 94.8 Å². The lowest BCUT2D eigenvalue weighted by Gasteiger charge is -2.28. The van der Waals surface area contributed by atoms with Crippen LogP contribution in [0.4, 0.5) is 0 Å². The fourth-order valence-electron chi connectivity index (χ4n) is 1.90. The maximum atomic E-state index is 9.73. The second kappa shape index (κ2) is 4.86. The van der Waals surface area contributed by atoms with Crippen molar-refractivity contribution in [1.29, 1.82) is 0 Å². The fraction of sp³-hybridized carbons (Fsp3) is 0.500. The first-order valence-corrected chi connectivity index (χ1v) is 5.74. The molecule has 1 aromatic rings. The van der Waals surface area contributed by atoms with E-state index in [0.29, 0.717) is 5.02 Å². The molecule has 0 aromatic heterocycles. The number of hydrogen-bond donors (Lipinski definition) is 1. The molecule has 1 aliphatic carbocycles. The molecule has 2 nitrogen and oxygen atoms in total. The molecule has 82 valence electrons. The largest absolute Gasteiger partial charge is 0.488 e. The van der Waals surface area contributed by atoms with Crippen LogP contribution in [0.1, 0.15) is 25.7 Å². The summed E-state index contributed by atoms with van der Waals surface area (Å²) in [6.45, 7) is 0. The minimum absolute atomic E-state index is 0.0556. The Morgan fingerprint density at radius 1 is 1.13 bits per heavy atom. The van der Waals surface area contributed by atoms with Gasteiger partial charge >= 0.3 is 0 Å². The van der Waals surface area contributed by atoms with E-state index in [-0.39, 0.29) is 12.2 Å². The highest BCUT2D eigenvalue weighted by Gasteiger charge is 2.24. The van der Waals surface area contributed by atoms with Crippen molar-refractivity contribution in [3.05, 3.63) is 29.3 Å². The van der Waals surface area contributed by atoms with Crippen LogP contribution in [0.15, 0.2) is 24.3 Å². The average Bonchev–Trinajstić information content (AvgIpc) is 2.25.